The van der Waals surface area contributed by atoms with Crippen LogP contribution in [0.2, 0.25) is 0 Å². The van der Waals surface area contributed by atoms with E-state index < -0.39 is 17.3 Å². The summed E-state index contributed by atoms with van der Waals surface area (Å²) in [5, 5.41) is 3.14. The van der Waals surface area contributed by atoms with Gasteiger partial charge in [0, 0.05) is 11.1 Å². The van der Waals surface area contributed by atoms with Crippen LogP contribution in [0.4, 0.5) is 10.1 Å². The Morgan fingerprint density at radius 2 is 1.91 bits per heavy atom. The van der Waals surface area contributed by atoms with Gasteiger partial charge in [-0.05, 0) is 36.8 Å². The highest BCUT2D eigenvalue weighted by molar-refractivity contribution is 6.05. The molecule has 0 spiro atoms. The summed E-state index contributed by atoms with van der Waals surface area (Å²) in [6, 6.07) is 12.3. The maximum absolute atomic E-state index is 13.1. The predicted octanol–water partition coefficient (Wildman–Crippen LogP) is 3.49. The monoisotopic (exact) mass is 297 g/mol. The lowest BCUT2D eigenvalue weighted by Gasteiger charge is -2.06. The number of anilines is 1. The lowest BCUT2D eigenvalue weighted by molar-refractivity contribution is 0.102. The molecule has 0 saturated carbocycles. The largest absolute Gasteiger partial charge is 0.422 e. The van der Waals surface area contributed by atoms with E-state index in [0.29, 0.717) is 11.0 Å². The third-order valence-electron chi connectivity index (χ3n) is 3.28. The molecule has 0 aliphatic rings. The molecular weight excluding hydrogens is 285 g/mol. The quantitative estimate of drug-likeness (QED) is 0.737. The Hall–Kier alpha value is -2.95. The molecule has 3 aromatic rings. The highest BCUT2D eigenvalue weighted by Gasteiger charge is 2.14. The van der Waals surface area contributed by atoms with E-state index in [1.54, 1.807) is 6.07 Å². The number of para-hydroxylation sites is 1. The zero-order chi connectivity index (χ0) is 15.7. The number of hydrogen-bond donors (Lipinski definition) is 1. The lowest BCUT2D eigenvalue weighted by atomic mass is 10.1. The van der Waals surface area contributed by atoms with Crippen molar-refractivity contribution >= 4 is 22.6 Å². The van der Waals surface area contributed by atoms with Crippen LogP contribution in [-0.2, 0) is 0 Å². The summed E-state index contributed by atoms with van der Waals surface area (Å²) in [7, 11) is 0. The van der Waals surface area contributed by atoms with Crippen LogP contribution in [0.15, 0.2) is 57.7 Å². The summed E-state index contributed by atoms with van der Waals surface area (Å²) in [6.07, 6.45) is 0. The molecule has 0 radical (unpaired) electrons. The molecule has 0 saturated heterocycles. The van der Waals surface area contributed by atoms with E-state index in [0.717, 1.165) is 5.56 Å². The fraction of sp³-hybridized carbons (Fsp3) is 0.0588. The molecule has 1 amide bonds. The van der Waals surface area contributed by atoms with Crippen molar-refractivity contribution in [3.8, 4) is 0 Å². The van der Waals surface area contributed by atoms with Gasteiger partial charge in [0.25, 0.3) is 5.91 Å². The third-order valence-corrected chi connectivity index (χ3v) is 3.28. The molecule has 0 fully saturated rings. The highest BCUT2D eigenvalue weighted by atomic mass is 19.1. The van der Waals surface area contributed by atoms with Crippen molar-refractivity contribution in [1.82, 2.24) is 0 Å². The Kier molecular flexibility index (Phi) is 3.47. The maximum Gasteiger partial charge on any atom is 0.349 e. The Labute approximate surface area is 125 Å². The van der Waals surface area contributed by atoms with E-state index in [2.05, 4.69) is 5.32 Å². The molecule has 1 heterocycles. The molecule has 4 nitrogen and oxygen atoms in total. The van der Waals surface area contributed by atoms with Gasteiger partial charge in [0.2, 0.25) is 0 Å². The fourth-order valence-electron chi connectivity index (χ4n) is 2.21. The molecule has 0 bridgehead atoms. The van der Waals surface area contributed by atoms with Gasteiger partial charge >= 0.3 is 5.63 Å². The minimum Gasteiger partial charge on any atom is -0.422 e. The summed E-state index contributed by atoms with van der Waals surface area (Å²) >= 11 is 0. The molecule has 3 rings (SSSR count). The first-order valence-corrected chi connectivity index (χ1v) is 6.65. The van der Waals surface area contributed by atoms with E-state index in [1.807, 2.05) is 19.1 Å². The van der Waals surface area contributed by atoms with Gasteiger partial charge in [0.15, 0.2) is 0 Å². The van der Waals surface area contributed by atoms with Crippen molar-refractivity contribution in [2.75, 3.05) is 5.32 Å². The van der Waals surface area contributed by atoms with Crippen molar-refractivity contribution in [2.45, 2.75) is 6.92 Å². The van der Waals surface area contributed by atoms with Crippen LogP contribution >= 0.6 is 0 Å². The minimum atomic E-state index is -0.726. The molecule has 0 aliphatic heterocycles. The van der Waals surface area contributed by atoms with Crippen LogP contribution in [0.25, 0.3) is 11.0 Å². The zero-order valence-electron chi connectivity index (χ0n) is 11.7. The highest BCUT2D eigenvalue weighted by Crippen LogP contribution is 2.18. The van der Waals surface area contributed by atoms with Crippen molar-refractivity contribution in [3.63, 3.8) is 0 Å². The average molecular weight is 297 g/mol. The van der Waals surface area contributed by atoms with Crippen LogP contribution in [0, 0.1) is 12.7 Å². The predicted molar refractivity (Wildman–Crippen MR) is 81.6 cm³/mol. The smallest absolute Gasteiger partial charge is 0.349 e. The molecule has 5 heteroatoms. The van der Waals surface area contributed by atoms with Gasteiger partial charge in [0.1, 0.15) is 17.0 Å². The number of fused-ring (bicyclic) bond motifs is 1. The second-order valence-electron chi connectivity index (χ2n) is 4.91. The van der Waals surface area contributed by atoms with Crippen molar-refractivity contribution in [3.05, 3.63) is 75.9 Å². The normalized spacial score (nSPS) is 10.6. The standard InChI is InChI=1S/C17H12FNO3/c1-10-4-2-5-11-8-14(17(21)22-15(10)11)16(20)19-13-7-3-6-12(18)9-13/h2-9H,1H3,(H,19,20). The molecule has 2 aromatic carbocycles. The first-order valence-electron chi connectivity index (χ1n) is 6.65. The van der Waals surface area contributed by atoms with Gasteiger partial charge in [-0.3, -0.25) is 4.79 Å². The van der Waals surface area contributed by atoms with E-state index in [4.69, 9.17) is 4.42 Å². The summed E-state index contributed by atoms with van der Waals surface area (Å²) in [5.74, 6) is -1.11. The van der Waals surface area contributed by atoms with E-state index in [1.165, 1.54) is 30.3 Å². The number of carbonyl (C=O) groups excluding carboxylic acids is 1. The second kappa shape index (κ2) is 5.44. The number of nitrogens with one attached hydrogen (secondary N) is 1. The van der Waals surface area contributed by atoms with E-state index in [9.17, 15) is 14.0 Å². The van der Waals surface area contributed by atoms with Gasteiger partial charge in [0.05, 0.1) is 0 Å². The molecular formula is C17H12FNO3. The summed E-state index contributed by atoms with van der Waals surface area (Å²) in [5.41, 5.74) is 0.688. The van der Waals surface area contributed by atoms with Gasteiger partial charge < -0.3 is 9.73 Å². The SMILES string of the molecule is Cc1cccc2cc(C(=O)Nc3cccc(F)c3)c(=O)oc12. The zero-order valence-corrected chi connectivity index (χ0v) is 11.7. The molecule has 0 atom stereocenters. The molecule has 1 N–H and O–H groups in total. The first-order chi connectivity index (χ1) is 10.5. The molecule has 110 valence electrons. The number of hydrogen-bond acceptors (Lipinski definition) is 3. The minimum absolute atomic E-state index is 0.123. The average Bonchev–Trinajstić information content (AvgIpc) is 2.47. The van der Waals surface area contributed by atoms with Crippen molar-refractivity contribution < 1.29 is 13.6 Å². The van der Waals surface area contributed by atoms with Crippen molar-refractivity contribution in [1.29, 1.82) is 0 Å². The van der Waals surface area contributed by atoms with Crippen LogP contribution in [-0.4, -0.2) is 5.91 Å². The Bertz CT molecular complexity index is 931. The van der Waals surface area contributed by atoms with Crippen LogP contribution in [0.5, 0.6) is 0 Å². The third kappa shape index (κ3) is 2.61. The van der Waals surface area contributed by atoms with Crippen LogP contribution < -0.4 is 10.9 Å². The number of halogens is 1. The fourth-order valence-corrected chi connectivity index (χ4v) is 2.21. The van der Waals surface area contributed by atoms with E-state index in [-0.39, 0.29) is 11.3 Å². The number of rotatable bonds is 2. The number of amides is 1. The number of benzene rings is 2. The molecule has 0 aliphatic carbocycles. The Morgan fingerprint density at radius 1 is 1.14 bits per heavy atom. The van der Waals surface area contributed by atoms with Crippen LogP contribution in [0.3, 0.4) is 0 Å². The number of carbonyl (C=O) groups is 1. The molecule has 0 unspecified atom stereocenters. The van der Waals surface area contributed by atoms with Gasteiger partial charge in [-0.2, -0.15) is 0 Å². The number of aryl methyl sites for hydroxylation is 1. The first kappa shape index (κ1) is 14.0. The second-order valence-corrected chi connectivity index (χ2v) is 4.91. The topological polar surface area (TPSA) is 59.3 Å². The lowest BCUT2D eigenvalue weighted by Crippen LogP contribution is -2.20. The Morgan fingerprint density at radius 3 is 2.68 bits per heavy atom. The van der Waals surface area contributed by atoms with Crippen LogP contribution in [0.1, 0.15) is 15.9 Å². The Balaban J connectivity index is 2.01. The summed E-state index contributed by atoms with van der Waals surface area (Å²) in [4.78, 5) is 24.2. The van der Waals surface area contributed by atoms with Gasteiger partial charge in [-0.15, -0.1) is 0 Å². The maximum atomic E-state index is 13.1. The van der Waals surface area contributed by atoms with Gasteiger partial charge in [-0.25, -0.2) is 9.18 Å². The molecule has 1 aromatic heterocycles. The van der Waals surface area contributed by atoms with Crippen molar-refractivity contribution in [2.24, 2.45) is 0 Å². The summed E-state index contributed by atoms with van der Waals surface area (Å²) in [6.45, 7) is 1.82. The van der Waals surface area contributed by atoms with Gasteiger partial charge in [-0.1, -0.05) is 24.3 Å². The molecule has 22 heavy (non-hydrogen) atoms. The van der Waals surface area contributed by atoms with E-state index >= 15 is 0 Å². The summed E-state index contributed by atoms with van der Waals surface area (Å²) < 4.78 is 18.3.